The lowest BCUT2D eigenvalue weighted by Crippen LogP contribution is -1.87. The number of hydrogen-bond acceptors (Lipinski definition) is 2. The Balaban J connectivity index is 0.000000810. The highest BCUT2D eigenvalue weighted by atomic mass is 35.5. The van der Waals surface area contributed by atoms with E-state index in [1.165, 1.54) is 0 Å². The molecule has 0 atom stereocenters. The van der Waals surface area contributed by atoms with Gasteiger partial charge in [-0.3, -0.25) is 4.98 Å². The highest BCUT2D eigenvalue weighted by Crippen LogP contribution is 2.11. The van der Waals surface area contributed by atoms with Crippen molar-refractivity contribution in [2.75, 3.05) is 7.11 Å². The van der Waals surface area contributed by atoms with Gasteiger partial charge >= 0.3 is 0 Å². The van der Waals surface area contributed by atoms with E-state index in [0.717, 1.165) is 11.4 Å². The third kappa shape index (κ3) is 1.88. The lowest BCUT2D eigenvalue weighted by Gasteiger charge is -1.99. The van der Waals surface area contributed by atoms with Crippen LogP contribution in [0.5, 0.6) is 5.75 Å². The van der Waals surface area contributed by atoms with Crippen LogP contribution in [-0.4, -0.2) is 12.1 Å². The molecule has 2 nitrogen and oxygen atoms in total. The number of hydrogen-bond donors (Lipinski definition) is 0. The summed E-state index contributed by atoms with van der Waals surface area (Å²) >= 11 is 0. The van der Waals surface area contributed by atoms with Crippen LogP contribution in [0.1, 0.15) is 5.69 Å². The van der Waals surface area contributed by atoms with Gasteiger partial charge in [0.15, 0.2) is 0 Å². The maximum absolute atomic E-state index is 4.98. The van der Waals surface area contributed by atoms with Crippen LogP contribution in [0, 0.1) is 6.92 Å². The standard InChI is InChI=1S/C7H9NO.ClH/c1-6-7(9-2)4-3-5-8-6;/h3-5H,1-2H3;1H. The molecule has 10 heavy (non-hydrogen) atoms. The Morgan fingerprint density at radius 3 is 2.60 bits per heavy atom. The van der Waals surface area contributed by atoms with E-state index in [1.807, 2.05) is 19.1 Å². The molecule has 0 fully saturated rings. The number of rotatable bonds is 1. The molecule has 0 radical (unpaired) electrons. The Morgan fingerprint density at radius 2 is 2.20 bits per heavy atom. The molecule has 0 saturated carbocycles. The molecule has 1 aromatic heterocycles. The summed E-state index contributed by atoms with van der Waals surface area (Å²) in [6.45, 7) is 1.92. The first-order valence-electron chi connectivity index (χ1n) is 2.80. The van der Waals surface area contributed by atoms with Gasteiger partial charge in [0.2, 0.25) is 0 Å². The maximum atomic E-state index is 4.98. The summed E-state index contributed by atoms with van der Waals surface area (Å²) in [6, 6.07) is 3.74. The van der Waals surface area contributed by atoms with E-state index in [4.69, 9.17) is 4.74 Å². The van der Waals surface area contributed by atoms with Crippen LogP contribution in [0.2, 0.25) is 0 Å². The van der Waals surface area contributed by atoms with Crippen LogP contribution in [0.25, 0.3) is 0 Å². The normalized spacial score (nSPS) is 8.20. The quantitative estimate of drug-likeness (QED) is 0.624. The van der Waals surface area contributed by atoms with Gasteiger partial charge in [-0.15, -0.1) is 12.4 Å². The summed E-state index contributed by atoms with van der Waals surface area (Å²) in [5, 5.41) is 0. The number of halogens is 1. The molecule has 1 aromatic rings. The molecule has 1 heterocycles. The fraction of sp³-hybridized carbons (Fsp3) is 0.286. The predicted octanol–water partition coefficient (Wildman–Crippen LogP) is 1.82. The SMILES string of the molecule is COc1cccnc1C.Cl. The monoisotopic (exact) mass is 159 g/mol. The Labute approximate surface area is 66.6 Å². The zero-order valence-electron chi connectivity index (χ0n) is 6.00. The summed E-state index contributed by atoms with van der Waals surface area (Å²) in [7, 11) is 1.64. The number of aryl methyl sites for hydroxylation is 1. The molecule has 0 aliphatic carbocycles. The number of pyridine rings is 1. The van der Waals surface area contributed by atoms with Crippen LogP contribution in [0.4, 0.5) is 0 Å². The number of methoxy groups -OCH3 is 1. The van der Waals surface area contributed by atoms with Crippen molar-refractivity contribution in [2.45, 2.75) is 6.92 Å². The van der Waals surface area contributed by atoms with Crippen molar-refractivity contribution in [3.8, 4) is 5.75 Å². The maximum Gasteiger partial charge on any atom is 0.140 e. The highest BCUT2D eigenvalue weighted by Gasteiger charge is 1.92. The predicted molar refractivity (Wildman–Crippen MR) is 42.8 cm³/mol. The molecule has 1 rings (SSSR count). The molecule has 56 valence electrons. The Morgan fingerprint density at radius 1 is 1.50 bits per heavy atom. The van der Waals surface area contributed by atoms with Crippen LogP contribution >= 0.6 is 12.4 Å². The smallest absolute Gasteiger partial charge is 0.140 e. The van der Waals surface area contributed by atoms with Crippen molar-refractivity contribution >= 4 is 12.4 Å². The average Bonchev–Trinajstić information content (AvgIpc) is 1.89. The third-order valence-electron chi connectivity index (χ3n) is 1.18. The largest absolute Gasteiger partial charge is 0.495 e. The molecule has 0 amide bonds. The van der Waals surface area contributed by atoms with Gasteiger partial charge in [-0.25, -0.2) is 0 Å². The summed E-state index contributed by atoms with van der Waals surface area (Å²) in [5.41, 5.74) is 0.931. The van der Waals surface area contributed by atoms with Crippen LogP contribution in [0.3, 0.4) is 0 Å². The molecule has 0 aliphatic heterocycles. The summed E-state index contributed by atoms with van der Waals surface area (Å²) < 4.78 is 4.98. The minimum atomic E-state index is 0. The molecule has 0 aromatic carbocycles. The van der Waals surface area contributed by atoms with Crippen molar-refractivity contribution < 1.29 is 4.74 Å². The molecular weight excluding hydrogens is 150 g/mol. The molecular formula is C7H10ClNO. The summed E-state index contributed by atoms with van der Waals surface area (Å²) in [5.74, 6) is 0.845. The van der Waals surface area contributed by atoms with E-state index in [9.17, 15) is 0 Å². The van der Waals surface area contributed by atoms with Gasteiger partial charge in [-0.2, -0.15) is 0 Å². The molecule has 3 heteroatoms. The fourth-order valence-electron chi connectivity index (χ4n) is 0.685. The van der Waals surface area contributed by atoms with Crippen molar-refractivity contribution in [1.29, 1.82) is 0 Å². The first-order valence-corrected chi connectivity index (χ1v) is 2.80. The van der Waals surface area contributed by atoms with Gasteiger partial charge in [-0.05, 0) is 19.1 Å². The Hall–Kier alpha value is -0.760. The van der Waals surface area contributed by atoms with Gasteiger partial charge in [-0.1, -0.05) is 0 Å². The number of nitrogens with zero attached hydrogens (tertiary/aromatic N) is 1. The fourth-order valence-corrected chi connectivity index (χ4v) is 0.685. The van der Waals surface area contributed by atoms with E-state index in [2.05, 4.69) is 4.98 Å². The van der Waals surface area contributed by atoms with E-state index in [-0.39, 0.29) is 12.4 Å². The Bertz CT molecular complexity index is 203. The molecule has 0 unspecified atom stereocenters. The van der Waals surface area contributed by atoms with Gasteiger partial charge in [0.25, 0.3) is 0 Å². The lowest BCUT2D eigenvalue weighted by atomic mass is 10.3. The highest BCUT2D eigenvalue weighted by molar-refractivity contribution is 5.85. The van der Waals surface area contributed by atoms with Crippen LogP contribution in [-0.2, 0) is 0 Å². The molecule has 0 N–H and O–H groups in total. The van der Waals surface area contributed by atoms with Crippen molar-refractivity contribution in [3.05, 3.63) is 24.0 Å². The molecule has 0 saturated heterocycles. The van der Waals surface area contributed by atoms with E-state index < -0.39 is 0 Å². The van der Waals surface area contributed by atoms with Gasteiger partial charge < -0.3 is 4.74 Å². The average molecular weight is 160 g/mol. The van der Waals surface area contributed by atoms with Gasteiger partial charge in [0.1, 0.15) is 5.75 Å². The second-order valence-corrected chi connectivity index (χ2v) is 1.79. The second-order valence-electron chi connectivity index (χ2n) is 1.79. The van der Waals surface area contributed by atoms with E-state index >= 15 is 0 Å². The number of ether oxygens (including phenoxy) is 1. The van der Waals surface area contributed by atoms with Crippen LogP contribution < -0.4 is 4.74 Å². The van der Waals surface area contributed by atoms with Crippen LogP contribution in [0.15, 0.2) is 18.3 Å². The first-order chi connectivity index (χ1) is 4.34. The zero-order valence-corrected chi connectivity index (χ0v) is 6.81. The Kier molecular flexibility index (Phi) is 3.81. The summed E-state index contributed by atoms with van der Waals surface area (Å²) in [4.78, 5) is 4.02. The summed E-state index contributed by atoms with van der Waals surface area (Å²) in [6.07, 6.45) is 1.75. The zero-order chi connectivity index (χ0) is 6.69. The van der Waals surface area contributed by atoms with E-state index in [0.29, 0.717) is 0 Å². The van der Waals surface area contributed by atoms with Crippen molar-refractivity contribution in [3.63, 3.8) is 0 Å². The first kappa shape index (κ1) is 9.24. The topological polar surface area (TPSA) is 22.1 Å². The van der Waals surface area contributed by atoms with Gasteiger partial charge in [0, 0.05) is 6.20 Å². The molecule has 0 bridgehead atoms. The van der Waals surface area contributed by atoms with Crippen molar-refractivity contribution in [1.82, 2.24) is 4.98 Å². The minimum absolute atomic E-state index is 0. The lowest BCUT2D eigenvalue weighted by molar-refractivity contribution is 0.409. The van der Waals surface area contributed by atoms with E-state index in [1.54, 1.807) is 13.3 Å². The third-order valence-corrected chi connectivity index (χ3v) is 1.18. The molecule has 0 aliphatic rings. The minimum Gasteiger partial charge on any atom is -0.495 e. The second kappa shape index (κ2) is 4.12. The van der Waals surface area contributed by atoms with Crippen molar-refractivity contribution in [2.24, 2.45) is 0 Å². The number of aromatic nitrogens is 1. The van der Waals surface area contributed by atoms with Gasteiger partial charge in [0.05, 0.1) is 12.8 Å². The molecule has 0 spiro atoms.